The van der Waals surface area contributed by atoms with E-state index in [1.807, 2.05) is 6.07 Å². The zero-order valence-electron chi connectivity index (χ0n) is 11.0. The minimum Gasteiger partial charge on any atom is -0.497 e. The Morgan fingerprint density at radius 2 is 2.17 bits per heavy atom. The lowest BCUT2D eigenvalue weighted by molar-refractivity contribution is -0.115. The van der Waals surface area contributed by atoms with Crippen molar-refractivity contribution in [2.24, 2.45) is 0 Å². The van der Waals surface area contributed by atoms with Gasteiger partial charge in [0.25, 0.3) is 0 Å². The molecular weight excluding hydrogens is 232 g/mol. The number of hydrogen-bond acceptors (Lipinski definition) is 4. The van der Waals surface area contributed by atoms with Gasteiger partial charge >= 0.3 is 0 Å². The van der Waals surface area contributed by atoms with Gasteiger partial charge in [-0.05, 0) is 26.0 Å². The number of benzene rings is 1. The predicted molar refractivity (Wildman–Crippen MR) is 70.8 cm³/mol. The third-order valence-electron chi connectivity index (χ3n) is 2.20. The van der Waals surface area contributed by atoms with E-state index in [9.17, 15) is 9.90 Å². The molecule has 100 valence electrons. The van der Waals surface area contributed by atoms with Gasteiger partial charge in [-0.2, -0.15) is 0 Å². The third kappa shape index (κ3) is 5.65. The molecule has 0 spiro atoms. The van der Waals surface area contributed by atoms with Crippen LogP contribution in [0.1, 0.15) is 13.8 Å². The predicted octanol–water partition coefficient (Wildman–Crippen LogP) is 0.994. The van der Waals surface area contributed by atoms with Crippen molar-refractivity contribution in [2.45, 2.75) is 19.4 Å². The normalized spacial score (nSPS) is 11.1. The number of rotatable bonds is 6. The molecule has 1 rings (SSSR count). The average Bonchev–Trinajstić information content (AvgIpc) is 2.27. The van der Waals surface area contributed by atoms with E-state index in [1.165, 1.54) is 0 Å². The zero-order valence-corrected chi connectivity index (χ0v) is 11.0. The molecule has 0 aromatic heterocycles. The van der Waals surface area contributed by atoms with E-state index in [4.69, 9.17) is 4.74 Å². The highest BCUT2D eigenvalue weighted by molar-refractivity contribution is 5.92. The summed E-state index contributed by atoms with van der Waals surface area (Å²) in [5.74, 6) is 0.532. The SMILES string of the molecule is COc1cccc(NC(=O)CNCC(C)(C)O)c1. The first kappa shape index (κ1) is 14.5. The first-order valence-electron chi connectivity index (χ1n) is 5.78. The number of nitrogens with one attached hydrogen (secondary N) is 2. The van der Waals surface area contributed by atoms with E-state index < -0.39 is 5.60 Å². The molecule has 0 heterocycles. The fraction of sp³-hybridized carbons (Fsp3) is 0.462. The molecule has 1 aromatic carbocycles. The second-order valence-corrected chi connectivity index (χ2v) is 4.70. The summed E-state index contributed by atoms with van der Waals surface area (Å²) in [5.41, 5.74) is -0.139. The van der Waals surface area contributed by atoms with Crippen molar-refractivity contribution in [1.29, 1.82) is 0 Å². The Balaban J connectivity index is 2.40. The molecule has 5 nitrogen and oxygen atoms in total. The number of amides is 1. The summed E-state index contributed by atoms with van der Waals surface area (Å²) in [5, 5.41) is 15.1. The second kappa shape index (κ2) is 6.37. The van der Waals surface area contributed by atoms with Crippen molar-refractivity contribution in [3.05, 3.63) is 24.3 Å². The van der Waals surface area contributed by atoms with Gasteiger partial charge < -0.3 is 20.5 Å². The van der Waals surface area contributed by atoms with Crippen LogP contribution >= 0.6 is 0 Å². The monoisotopic (exact) mass is 252 g/mol. The molecule has 1 amide bonds. The van der Waals surface area contributed by atoms with Crippen molar-refractivity contribution in [3.63, 3.8) is 0 Å². The van der Waals surface area contributed by atoms with Gasteiger partial charge in [-0.15, -0.1) is 0 Å². The molecular formula is C13H20N2O3. The molecule has 0 saturated heterocycles. The smallest absolute Gasteiger partial charge is 0.238 e. The van der Waals surface area contributed by atoms with Crippen LogP contribution in [0.4, 0.5) is 5.69 Å². The maximum Gasteiger partial charge on any atom is 0.238 e. The number of ether oxygens (including phenoxy) is 1. The Morgan fingerprint density at radius 3 is 2.78 bits per heavy atom. The maximum atomic E-state index is 11.6. The van der Waals surface area contributed by atoms with E-state index in [1.54, 1.807) is 39.2 Å². The van der Waals surface area contributed by atoms with Gasteiger partial charge in [0.1, 0.15) is 5.75 Å². The van der Waals surface area contributed by atoms with Crippen LogP contribution in [0.25, 0.3) is 0 Å². The molecule has 3 N–H and O–H groups in total. The van der Waals surface area contributed by atoms with E-state index in [0.717, 1.165) is 0 Å². The highest BCUT2D eigenvalue weighted by Crippen LogP contribution is 2.16. The summed E-state index contributed by atoms with van der Waals surface area (Å²) in [6.07, 6.45) is 0. The lowest BCUT2D eigenvalue weighted by atomic mass is 10.1. The highest BCUT2D eigenvalue weighted by Gasteiger charge is 2.12. The maximum absolute atomic E-state index is 11.6. The largest absolute Gasteiger partial charge is 0.497 e. The number of anilines is 1. The van der Waals surface area contributed by atoms with Crippen LogP contribution in [0.15, 0.2) is 24.3 Å². The molecule has 0 radical (unpaired) electrons. The molecule has 0 saturated carbocycles. The van der Waals surface area contributed by atoms with Crippen LogP contribution in [0.2, 0.25) is 0 Å². The van der Waals surface area contributed by atoms with Crippen LogP contribution in [-0.2, 0) is 4.79 Å². The van der Waals surface area contributed by atoms with Gasteiger partial charge in [0.05, 0.1) is 19.3 Å². The van der Waals surface area contributed by atoms with Gasteiger partial charge in [-0.3, -0.25) is 4.79 Å². The van der Waals surface area contributed by atoms with Crippen LogP contribution in [0.5, 0.6) is 5.75 Å². The molecule has 5 heteroatoms. The summed E-state index contributed by atoms with van der Waals surface area (Å²) < 4.78 is 5.06. The van der Waals surface area contributed by atoms with E-state index in [-0.39, 0.29) is 12.5 Å². The molecule has 0 aliphatic carbocycles. The minimum atomic E-state index is -0.823. The van der Waals surface area contributed by atoms with Gasteiger partial charge in [0.2, 0.25) is 5.91 Å². The van der Waals surface area contributed by atoms with Crippen molar-refractivity contribution in [1.82, 2.24) is 5.32 Å². The molecule has 18 heavy (non-hydrogen) atoms. The Kier molecular flexibility index (Phi) is 5.12. The molecule has 1 aromatic rings. The van der Waals surface area contributed by atoms with Crippen LogP contribution in [-0.4, -0.2) is 36.8 Å². The van der Waals surface area contributed by atoms with Gasteiger partial charge in [0, 0.05) is 18.3 Å². The molecule has 0 atom stereocenters. The minimum absolute atomic E-state index is 0.154. The van der Waals surface area contributed by atoms with E-state index in [2.05, 4.69) is 10.6 Å². The van der Waals surface area contributed by atoms with Gasteiger partial charge in [0.15, 0.2) is 0 Å². The first-order chi connectivity index (χ1) is 8.40. The van der Waals surface area contributed by atoms with Crippen LogP contribution < -0.4 is 15.4 Å². The molecule has 0 unspecified atom stereocenters. The summed E-state index contributed by atoms with van der Waals surface area (Å²) in [6, 6.07) is 7.14. The second-order valence-electron chi connectivity index (χ2n) is 4.70. The number of hydrogen-bond donors (Lipinski definition) is 3. The Morgan fingerprint density at radius 1 is 1.44 bits per heavy atom. The van der Waals surface area contributed by atoms with Crippen molar-refractivity contribution in [3.8, 4) is 5.75 Å². The summed E-state index contributed by atoms with van der Waals surface area (Å²) in [4.78, 5) is 11.6. The van der Waals surface area contributed by atoms with E-state index >= 15 is 0 Å². The number of methoxy groups -OCH3 is 1. The Labute approximate surface area is 107 Å². The topological polar surface area (TPSA) is 70.6 Å². The average molecular weight is 252 g/mol. The number of carbonyl (C=O) groups excluding carboxylic acids is 1. The Bertz CT molecular complexity index is 399. The number of aliphatic hydroxyl groups is 1. The van der Waals surface area contributed by atoms with Crippen molar-refractivity contribution >= 4 is 11.6 Å². The molecule has 0 aliphatic rings. The molecule has 0 aliphatic heterocycles. The summed E-state index contributed by atoms with van der Waals surface area (Å²) >= 11 is 0. The van der Waals surface area contributed by atoms with Gasteiger partial charge in [-0.1, -0.05) is 6.07 Å². The lowest BCUT2D eigenvalue weighted by Gasteiger charge is -2.17. The van der Waals surface area contributed by atoms with Crippen LogP contribution in [0, 0.1) is 0 Å². The first-order valence-corrected chi connectivity index (χ1v) is 5.78. The highest BCUT2D eigenvalue weighted by atomic mass is 16.5. The standard InChI is InChI=1S/C13H20N2O3/c1-13(2,17)9-14-8-12(16)15-10-5-4-6-11(7-10)18-3/h4-7,14,17H,8-9H2,1-3H3,(H,15,16). The quantitative estimate of drug-likeness (QED) is 0.706. The number of carbonyl (C=O) groups is 1. The lowest BCUT2D eigenvalue weighted by Crippen LogP contribution is -2.38. The molecule has 0 fully saturated rings. The van der Waals surface area contributed by atoms with Crippen LogP contribution in [0.3, 0.4) is 0 Å². The fourth-order valence-corrected chi connectivity index (χ4v) is 1.39. The third-order valence-corrected chi connectivity index (χ3v) is 2.20. The van der Waals surface area contributed by atoms with Crippen molar-refractivity contribution < 1.29 is 14.6 Å². The van der Waals surface area contributed by atoms with Crippen molar-refractivity contribution in [2.75, 3.05) is 25.5 Å². The summed E-state index contributed by atoms with van der Waals surface area (Å²) in [6.45, 7) is 3.87. The van der Waals surface area contributed by atoms with Gasteiger partial charge in [-0.25, -0.2) is 0 Å². The fourth-order valence-electron chi connectivity index (χ4n) is 1.39. The Hall–Kier alpha value is -1.59. The summed E-state index contributed by atoms with van der Waals surface area (Å²) in [7, 11) is 1.58. The van der Waals surface area contributed by atoms with E-state index in [0.29, 0.717) is 18.0 Å². The molecule has 0 bridgehead atoms. The zero-order chi connectivity index (χ0) is 13.6.